The normalized spacial score (nSPS) is 13.3. The van der Waals surface area contributed by atoms with Gasteiger partial charge in [0.25, 0.3) is 0 Å². The standard InChI is InChI=1S/C23H26N4O2.HI/c1-24-23(25-13-18-15-29-22(27-18)17-8-3-2-4-9-17)26-14-20-19-10-6-5-7-16(19)11-12-21(20)28;/h2-4,8-9,11-12,15,28H,5-7,10,13-14H2,1H3,(H2,24,25,26);1H. The van der Waals surface area contributed by atoms with Crippen molar-refractivity contribution in [1.82, 2.24) is 15.6 Å². The highest BCUT2D eigenvalue weighted by molar-refractivity contribution is 14.0. The third-order valence-corrected chi connectivity index (χ3v) is 5.29. The third kappa shape index (κ3) is 5.13. The van der Waals surface area contributed by atoms with Crippen LogP contribution in [0.3, 0.4) is 0 Å². The van der Waals surface area contributed by atoms with Crippen LogP contribution in [0.15, 0.2) is 58.1 Å². The van der Waals surface area contributed by atoms with Crippen molar-refractivity contribution in [1.29, 1.82) is 0 Å². The number of aliphatic imine (C=N–C) groups is 1. The zero-order valence-electron chi connectivity index (χ0n) is 17.0. The van der Waals surface area contributed by atoms with Crippen LogP contribution in [0.1, 0.15) is 35.2 Å². The van der Waals surface area contributed by atoms with Gasteiger partial charge in [-0.3, -0.25) is 4.99 Å². The van der Waals surface area contributed by atoms with Gasteiger partial charge in [-0.05, 0) is 55.0 Å². The molecule has 0 amide bonds. The van der Waals surface area contributed by atoms with Crippen LogP contribution in [0, 0.1) is 0 Å². The number of benzene rings is 2. The number of hydrogen-bond acceptors (Lipinski definition) is 4. The summed E-state index contributed by atoms with van der Waals surface area (Å²) < 4.78 is 5.58. The molecule has 2 aromatic carbocycles. The zero-order chi connectivity index (χ0) is 20.1. The molecule has 3 N–H and O–H groups in total. The first kappa shape index (κ1) is 22.1. The molecule has 0 radical (unpaired) electrons. The van der Waals surface area contributed by atoms with E-state index in [-0.39, 0.29) is 24.0 Å². The summed E-state index contributed by atoms with van der Waals surface area (Å²) in [4.78, 5) is 8.80. The van der Waals surface area contributed by atoms with E-state index in [4.69, 9.17) is 4.42 Å². The molecular weight excluding hydrogens is 491 g/mol. The number of guanidine groups is 1. The van der Waals surface area contributed by atoms with Crippen LogP contribution in [0.25, 0.3) is 11.5 Å². The van der Waals surface area contributed by atoms with Crippen LogP contribution < -0.4 is 10.6 Å². The molecule has 0 unspecified atom stereocenters. The molecule has 1 aliphatic carbocycles. The highest BCUT2D eigenvalue weighted by Gasteiger charge is 2.16. The molecule has 0 atom stereocenters. The van der Waals surface area contributed by atoms with Crippen molar-refractivity contribution in [2.45, 2.75) is 38.8 Å². The number of nitrogens with zero attached hydrogens (tertiary/aromatic N) is 2. The van der Waals surface area contributed by atoms with E-state index in [0.29, 0.717) is 30.7 Å². The van der Waals surface area contributed by atoms with Crippen LogP contribution in [-0.4, -0.2) is 23.1 Å². The smallest absolute Gasteiger partial charge is 0.226 e. The maximum Gasteiger partial charge on any atom is 0.226 e. The number of aryl methyl sites for hydroxylation is 1. The van der Waals surface area contributed by atoms with E-state index < -0.39 is 0 Å². The molecule has 0 spiro atoms. The second-order valence-electron chi connectivity index (χ2n) is 7.20. The van der Waals surface area contributed by atoms with Gasteiger partial charge in [0.2, 0.25) is 5.89 Å². The van der Waals surface area contributed by atoms with Gasteiger partial charge in [-0.1, -0.05) is 24.3 Å². The Morgan fingerprint density at radius 1 is 1.07 bits per heavy atom. The second-order valence-corrected chi connectivity index (χ2v) is 7.20. The lowest BCUT2D eigenvalue weighted by atomic mass is 9.88. The molecule has 0 saturated heterocycles. The minimum absolute atomic E-state index is 0. The molecule has 0 aliphatic heterocycles. The van der Waals surface area contributed by atoms with Gasteiger partial charge in [-0.25, -0.2) is 4.98 Å². The van der Waals surface area contributed by atoms with E-state index >= 15 is 0 Å². The molecule has 1 heterocycles. The van der Waals surface area contributed by atoms with Crippen LogP contribution in [0.2, 0.25) is 0 Å². The third-order valence-electron chi connectivity index (χ3n) is 5.29. The maximum atomic E-state index is 10.3. The Bertz CT molecular complexity index is 1000. The lowest BCUT2D eigenvalue weighted by molar-refractivity contribution is 0.464. The zero-order valence-corrected chi connectivity index (χ0v) is 19.3. The average Bonchev–Trinajstić information content (AvgIpc) is 3.25. The van der Waals surface area contributed by atoms with Crippen LogP contribution >= 0.6 is 24.0 Å². The van der Waals surface area contributed by atoms with E-state index in [1.165, 1.54) is 24.0 Å². The summed E-state index contributed by atoms with van der Waals surface area (Å²) in [6.07, 6.45) is 6.16. The molecule has 0 bridgehead atoms. The van der Waals surface area contributed by atoms with Crippen LogP contribution in [-0.2, 0) is 25.9 Å². The van der Waals surface area contributed by atoms with Crippen molar-refractivity contribution >= 4 is 29.9 Å². The molecule has 6 nitrogen and oxygen atoms in total. The molecule has 0 fully saturated rings. The number of phenols is 1. The number of nitrogens with one attached hydrogen (secondary N) is 2. The molecule has 1 aliphatic rings. The minimum Gasteiger partial charge on any atom is -0.508 e. The van der Waals surface area contributed by atoms with E-state index in [1.54, 1.807) is 19.4 Å². The highest BCUT2D eigenvalue weighted by atomic mass is 127. The largest absolute Gasteiger partial charge is 0.508 e. The highest BCUT2D eigenvalue weighted by Crippen LogP contribution is 2.30. The monoisotopic (exact) mass is 518 g/mol. The topological polar surface area (TPSA) is 82.7 Å². The summed E-state index contributed by atoms with van der Waals surface area (Å²) in [5.74, 6) is 1.60. The number of phenolic OH excluding ortho intramolecular Hbond substituents is 1. The number of halogens is 1. The van der Waals surface area contributed by atoms with Crippen molar-refractivity contribution < 1.29 is 9.52 Å². The Labute approximate surface area is 193 Å². The minimum atomic E-state index is 0. The quantitative estimate of drug-likeness (QED) is 0.265. The molecule has 0 saturated carbocycles. The lowest BCUT2D eigenvalue weighted by Crippen LogP contribution is -2.36. The summed E-state index contributed by atoms with van der Waals surface area (Å²) in [5.41, 5.74) is 5.35. The van der Waals surface area contributed by atoms with E-state index in [9.17, 15) is 5.11 Å². The molecular formula is C23H27IN4O2. The van der Waals surface area contributed by atoms with E-state index in [0.717, 1.165) is 29.7 Å². The first-order valence-corrected chi connectivity index (χ1v) is 10.0. The number of aromatic hydroxyl groups is 1. The molecule has 7 heteroatoms. The fourth-order valence-corrected chi connectivity index (χ4v) is 3.76. The fraction of sp³-hybridized carbons (Fsp3) is 0.304. The summed E-state index contributed by atoms with van der Waals surface area (Å²) >= 11 is 0. The SMILES string of the molecule is CN=C(NCc1coc(-c2ccccc2)n1)NCc1c(O)ccc2c1CCCC2.I. The maximum absolute atomic E-state index is 10.3. The summed E-state index contributed by atoms with van der Waals surface area (Å²) in [6.45, 7) is 1.03. The summed E-state index contributed by atoms with van der Waals surface area (Å²) in [7, 11) is 1.73. The van der Waals surface area contributed by atoms with Gasteiger partial charge < -0.3 is 20.2 Å². The van der Waals surface area contributed by atoms with Crippen molar-refractivity contribution in [3.8, 4) is 17.2 Å². The average molecular weight is 518 g/mol. The van der Waals surface area contributed by atoms with Gasteiger partial charge in [-0.15, -0.1) is 24.0 Å². The Morgan fingerprint density at radius 2 is 1.83 bits per heavy atom. The van der Waals surface area contributed by atoms with Gasteiger partial charge in [0.05, 0.1) is 12.2 Å². The number of oxazole rings is 1. The lowest BCUT2D eigenvalue weighted by Gasteiger charge is -2.21. The van der Waals surface area contributed by atoms with Crippen molar-refractivity contribution in [2.24, 2.45) is 4.99 Å². The van der Waals surface area contributed by atoms with Crippen molar-refractivity contribution in [3.05, 3.63) is 71.1 Å². The number of aromatic nitrogens is 1. The first-order chi connectivity index (χ1) is 14.2. The van der Waals surface area contributed by atoms with Crippen molar-refractivity contribution in [2.75, 3.05) is 7.05 Å². The van der Waals surface area contributed by atoms with Gasteiger partial charge >= 0.3 is 0 Å². The molecule has 1 aromatic heterocycles. The van der Waals surface area contributed by atoms with Crippen LogP contribution in [0.5, 0.6) is 5.75 Å². The summed E-state index contributed by atoms with van der Waals surface area (Å²) in [5, 5.41) is 16.9. The summed E-state index contributed by atoms with van der Waals surface area (Å²) in [6, 6.07) is 13.7. The predicted octanol–water partition coefficient (Wildman–Crippen LogP) is 4.41. The Balaban J connectivity index is 0.00000256. The predicted molar refractivity (Wildman–Crippen MR) is 129 cm³/mol. The molecule has 30 heavy (non-hydrogen) atoms. The second kappa shape index (κ2) is 10.5. The van der Waals surface area contributed by atoms with Gasteiger partial charge in [0.15, 0.2) is 5.96 Å². The van der Waals surface area contributed by atoms with Gasteiger partial charge in [0, 0.05) is 24.7 Å². The van der Waals surface area contributed by atoms with Gasteiger partial charge in [-0.2, -0.15) is 0 Å². The van der Waals surface area contributed by atoms with Gasteiger partial charge in [0.1, 0.15) is 12.0 Å². The Hall–Kier alpha value is -2.55. The Kier molecular flexibility index (Phi) is 7.73. The van der Waals surface area contributed by atoms with Crippen molar-refractivity contribution in [3.63, 3.8) is 0 Å². The number of rotatable bonds is 5. The number of hydrogen-bond donors (Lipinski definition) is 3. The molecule has 158 valence electrons. The van der Waals surface area contributed by atoms with Crippen LogP contribution in [0.4, 0.5) is 0 Å². The van der Waals surface area contributed by atoms with E-state index in [1.807, 2.05) is 30.3 Å². The molecule has 4 rings (SSSR count). The Morgan fingerprint density at radius 3 is 2.63 bits per heavy atom. The molecule has 3 aromatic rings. The van der Waals surface area contributed by atoms with E-state index in [2.05, 4.69) is 26.7 Å². The first-order valence-electron chi connectivity index (χ1n) is 10.0. The number of fused-ring (bicyclic) bond motifs is 1. The fourth-order valence-electron chi connectivity index (χ4n) is 3.76.